The molecule has 1 aliphatic heterocycles. The van der Waals surface area contributed by atoms with Crippen LogP contribution in [0.3, 0.4) is 0 Å². The van der Waals surface area contributed by atoms with Crippen LogP contribution in [-0.2, 0) is 11.3 Å². The van der Waals surface area contributed by atoms with Crippen LogP contribution in [-0.4, -0.2) is 43.6 Å². The predicted molar refractivity (Wildman–Crippen MR) is 76.8 cm³/mol. The SMILES string of the molecule is CC1CCCN(C(=O)Cn2c(-c3cnccn3)noc2=O)C1. The molecule has 1 fully saturated rings. The van der Waals surface area contributed by atoms with Gasteiger partial charge in [0.15, 0.2) is 0 Å². The molecule has 2 aromatic heterocycles. The van der Waals surface area contributed by atoms with Crippen LogP contribution in [0.25, 0.3) is 11.5 Å². The average molecular weight is 303 g/mol. The van der Waals surface area contributed by atoms with E-state index < -0.39 is 5.76 Å². The van der Waals surface area contributed by atoms with Crippen LogP contribution in [0, 0.1) is 5.92 Å². The molecule has 1 unspecified atom stereocenters. The number of hydrogen-bond acceptors (Lipinski definition) is 6. The van der Waals surface area contributed by atoms with E-state index in [4.69, 9.17) is 0 Å². The Balaban J connectivity index is 1.82. The van der Waals surface area contributed by atoms with Gasteiger partial charge in [-0.15, -0.1) is 0 Å². The van der Waals surface area contributed by atoms with E-state index in [1.807, 2.05) is 0 Å². The summed E-state index contributed by atoms with van der Waals surface area (Å²) in [5.74, 6) is -0.0751. The Bertz CT molecular complexity index is 709. The lowest BCUT2D eigenvalue weighted by atomic mass is 10.0. The molecule has 0 radical (unpaired) electrons. The van der Waals surface area contributed by atoms with Gasteiger partial charge in [-0.1, -0.05) is 12.1 Å². The molecule has 0 aliphatic carbocycles. The highest BCUT2D eigenvalue weighted by molar-refractivity contribution is 5.76. The standard InChI is InChI=1S/C14H17N5O3/c1-10-3-2-6-18(8-10)12(20)9-19-13(17-22-14(19)21)11-7-15-4-5-16-11/h4-5,7,10H,2-3,6,8-9H2,1H3. The molecule has 0 bridgehead atoms. The summed E-state index contributed by atoms with van der Waals surface area (Å²) in [5.41, 5.74) is 0.396. The largest absolute Gasteiger partial charge is 0.442 e. The highest BCUT2D eigenvalue weighted by atomic mass is 16.5. The summed E-state index contributed by atoms with van der Waals surface area (Å²) in [7, 11) is 0. The molecule has 1 saturated heterocycles. The first-order valence-corrected chi connectivity index (χ1v) is 7.26. The molecule has 2 aromatic rings. The number of carbonyl (C=O) groups is 1. The van der Waals surface area contributed by atoms with E-state index in [0.29, 0.717) is 11.6 Å². The minimum absolute atomic E-state index is 0.0963. The van der Waals surface area contributed by atoms with Gasteiger partial charge in [0.25, 0.3) is 0 Å². The molecular formula is C14H17N5O3. The molecule has 0 saturated carbocycles. The second kappa shape index (κ2) is 6.08. The van der Waals surface area contributed by atoms with Crippen molar-refractivity contribution < 1.29 is 9.32 Å². The number of hydrogen-bond donors (Lipinski definition) is 0. The molecule has 1 aliphatic rings. The normalized spacial score (nSPS) is 18.4. The topological polar surface area (TPSA) is 94.1 Å². The van der Waals surface area contributed by atoms with Gasteiger partial charge in [0.2, 0.25) is 11.7 Å². The fourth-order valence-corrected chi connectivity index (χ4v) is 2.66. The fraction of sp³-hybridized carbons (Fsp3) is 0.500. The van der Waals surface area contributed by atoms with Gasteiger partial charge >= 0.3 is 5.76 Å². The van der Waals surface area contributed by atoms with Gasteiger partial charge in [-0.05, 0) is 18.8 Å². The van der Waals surface area contributed by atoms with Crippen LogP contribution < -0.4 is 5.76 Å². The Morgan fingerprint density at radius 1 is 1.45 bits per heavy atom. The van der Waals surface area contributed by atoms with E-state index in [0.717, 1.165) is 25.9 Å². The summed E-state index contributed by atoms with van der Waals surface area (Å²) in [5, 5.41) is 3.70. The van der Waals surface area contributed by atoms with Gasteiger partial charge in [-0.2, -0.15) is 0 Å². The number of piperidine rings is 1. The van der Waals surface area contributed by atoms with Crippen LogP contribution in [0.1, 0.15) is 19.8 Å². The van der Waals surface area contributed by atoms with Crippen molar-refractivity contribution in [2.45, 2.75) is 26.3 Å². The van der Waals surface area contributed by atoms with Crippen molar-refractivity contribution in [1.29, 1.82) is 0 Å². The molecule has 1 amide bonds. The number of aromatic nitrogens is 4. The molecule has 1 atom stereocenters. The van der Waals surface area contributed by atoms with E-state index in [1.54, 1.807) is 4.90 Å². The maximum absolute atomic E-state index is 12.4. The van der Waals surface area contributed by atoms with E-state index in [-0.39, 0.29) is 18.3 Å². The maximum atomic E-state index is 12.4. The molecule has 3 rings (SSSR count). The zero-order valence-electron chi connectivity index (χ0n) is 12.3. The zero-order chi connectivity index (χ0) is 15.5. The van der Waals surface area contributed by atoms with Crippen LogP contribution in [0.2, 0.25) is 0 Å². The van der Waals surface area contributed by atoms with Crippen molar-refractivity contribution in [3.8, 4) is 11.5 Å². The van der Waals surface area contributed by atoms with Crippen LogP contribution in [0.4, 0.5) is 0 Å². The molecule has 8 heteroatoms. The summed E-state index contributed by atoms with van der Waals surface area (Å²) >= 11 is 0. The third-order valence-corrected chi connectivity index (χ3v) is 3.78. The lowest BCUT2D eigenvalue weighted by Gasteiger charge is -2.30. The Morgan fingerprint density at radius 3 is 3.05 bits per heavy atom. The molecule has 8 nitrogen and oxygen atoms in total. The lowest BCUT2D eigenvalue weighted by Crippen LogP contribution is -2.41. The number of rotatable bonds is 3. The van der Waals surface area contributed by atoms with Gasteiger partial charge in [0.05, 0.1) is 6.20 Å². The van der Waals surface area contributed by atoms with Crippen LogP contribution >= 0.6 is 0 Å². The Hall–Kier alpha value is -2.51. The van der Waals surface area contributed by atoms with Crippen molar-refractivity contribution in [2.75, 3.05) is 13.1 Å². The first-order valence-electron chi connectivity index (χ1n) is 7.26. The van der Waals surface area contributed by atoms with Crippen LogP contribution in [0.15, 0.2) is 27.9 Å². The minimum atomic E-state index is -0.668. The Labute approximate surface area is 126 Å². The van der Waals surface area contributed by atoms with Crippen molar-refractivity contribution in [2.24, 2.45) is 5.92 Å². The zero-order valence-corrected chi connectivity index (χ0v) is 12.3. The van der Waals surface area contributed by atoms with Gasteiger partial charge in [0, 0.05) is 25.5 Å². The van der Waals surface area contributed by atoms with Crippen molar-refractivity contribution in [3.63, 3.8) is 0 Å². The maximum Gasteiger partial charge on any atom is 0.442 e. The highest BCUT2D eigenvalue weighted by Gasteiger charge is 2.24. The van der Waals surface area contributed by atoms with E-state index >= 15 is 0 Å². The lowest BCUT2D eigenvalue weighted by molar-refractivity contribution is -0.133. The van der Waals surface area contributed by atoms with Crippen LogP contribution in [0.5, 0.6) is 0 Å². The van der Waals surface area contributed by atoms with Crippen molar-refractivity contribution in [1.82, 2.24) is 24.6 Å². The first-order chi connectivity index (χ1) is 10.6. The number of carbonyl (C=O) groups excluding carboxylic acids is 1. The van der Waals surface area contributed by atoms with Gasteiger partial charge in [0.1, 0.15) is 12.2 Å². The van der Waals surface area contributed by atoms with Crippen molar-refractivity contribution >= 4 is 5.91 Å². The highest BCUT2D eigenvalue weighted by Crippen LogP contribution is 2.16. The second-order valence-electron chi connectivity index (χ2n) is 5.54. The van der Waals surface area contributed by atoms with Crippen molar-refractivity contribution in [3.05, 3.63) is 29.1 Å². The Kier molecular flexibility index (Phi) is 3.99. The summed E-state index contributed by atoms with van der Waals surface area (Å²) in [6.45, 7) is 3.47. The van der Waals surface area contributed by atoms with E-state index in [9.17, 15) is 9.59 Å². The minimum Gasteiger partial charge on any atom is -0.341 e. The van der Waals surface area contributed by atoms with Gasteiger partial charge in [-0.3, -0.25) is 14.3 Å². The van der Waals surface area contributed by atoms with E-state index in [2.05, 4.69) is 26.6 Å². The van der Waals surface area contributed by atoms with E-state index in [1.165, 1.54) is 23.2 Å². The average Bonchev–Trinajstić information content (AvgIpc) is 2.89. The molecule has 116 valence electrons. The summed E-state index contributed by atoms with van der Waals surface area (Å²) in [6.07, 6.45) is 6.60. The number of likely N-dealkylation sites (tertiary alicyclic amines) is 1. The monoisotopic (exact) mass is 303 g/mol. The summed E-state index contributed by atoms with van der Waals surface area (Å²) in [6, 6.07) is 0. The predicted octanol–water partition coefficient (Wildman–Crippen LogP) is 0.552. The third-order valence-electron chi connectivity index (χ3n) is 3.78. The molecule has 0 spiro atoms. The third kappa shape index (κ3) is 2.90. The first kappa shape index (κ1) is 14.4. The molecule has 22 heavy (non-hydrogen) atoms. The summed E-state index contributed by atoms with van der Waals surface area (Å²) in [4.78, 5) is 34.0. The van der Waals surface area contributed by atoms with Gasteiger partial charge < -0.3 is 4.90 Å². The molecule has 3 heterocycles. The molecular weight excluding hydrogens is 286 g/mol. The second-order valence-corrected chi connectivity index (χ2v) is 5.54. The smallest absolute Gasteiger partial charge is 0.341 e. The molecule has 0 N–H and O–H groups in total. The number of amides is 1. The Morgan fingerprint density at radius 2 is 2.32 bits per heavy atom. The van der Waals surface area contributed by atoms with Gasteiger partial charge in [-0.25, -0.2) is 14.3 Å². The number of nitrogens with zero attached hydrogens (tertiary/aromatic N) is 5. The fourth-order valence-electron chi connectivity index (χ4n) is 2.66. The summed E-state index contributed by atoms with van der Waals surface area (Å²) < 4.78 is 5.88. The molecule has 0 aromatic carbocycles. The quantitative estimate of drug-likeness (QED) is 0.822.